The molecule has 0 saturated carbocycles. The van der Waals surface area contributed by atoms with Crippen LogP contribution < -0.4 is 0 Å². The van der Waals surface area contributed by atoms with Crippen molar-refractivity contribution in [3.63, 3.8) is 0 Å². The smallest absolute Gasteiger partial charge is 0.150 e. The van der Waals surface area contributed by atoms with Crippen LogP contribution >= 0.6 is 31.9 Å². The molecule has 96 valence electrons. The van der Waals surface area contributed by atoms with Crippen LogP contribution in [0.15, 0.2) is 24.3 Å². The number of hydrogen-bond donors (Lipinski definition) is 0. The molecule has 0 N–H and O–H groups in total. The van der Waals surface area contributed by atoms with Gasteiger partial charge in [0.1, 0.15) is 6.29 Å². The van der Waals surface area contributed by atoms with Crippen LogP contribution in [0.4, 0.5) is 0 Å². The quantitative estimate of drug-likeness (QED) is 0.592. The molecule has 2 nitrogen and oxygen atoms in total. The standard InChI is InChI=1S/C10H13NO.C3H6Br2/c1-11(2)7-9-3-5-10(8-12)6-4-9;1-2-3(4)5/h3-6,8H,7H2,1-2H3;3H,2H2,1H3. The Labute approximate surface area is 121 Å². The van der Waals surface area contributed by atoms with E-state index in [1.807, 2.05) is 38.4 Å². The molecule has 0 amide bonds. The molecular formula is C13H19Br2NO. The van der Waals surface area contributed by atoms with Gasteiger partial charge in [-0.25, -0.2) is 0 Å². The molecule has 0 fully saturated rings. The maximum Gasteiger partial charge on any atom is 0.150 e. The molecule has 0 radical (unpaired) electrons. The summed E-state index contributed by atoms with van der Waals surface area (Å²) in [4.78, 5) is 12.4. The van der Waals surface area contributed by atoms with Crippen LogP contribution in [0.5, 0.6) is 0 Å². The minimum atomic E-state index is 0.509. The highest BCUT2D eigenvalue weighted by molar-refractivity contribution is 9.24. The second-order valence-electron chi connectivity index (χ2n) is 3.90. The number of alkyl halides is 2. The average Bonchev–Trinajstić information content (AvgIpc) is 2.30. The number of halogens is 2. The van der Waals surface area contributed by atoms with Crippen LogP contribution in [0, 0.1) is 0 Å². The zero-order valence-electron chi connectivity index (χ0n) is 10.5. The van der Waals surface area contributed by atoms with Crippen molar-refractivity contribution in [1.29, 1.82) is 0 Å². The van der Waals surface area contributed by atoms with E-state index in [9.17, 15) is 4.79 Å². The highest BCUT2D eigenvalue weighted by Crippen LogP contribution is 2.10. The molecule has 0 heterocycles. The fourth-order valence-corrected chi connectivity index (χ4v) is 1.07. The van der Waals surface area contributed by atoms with Gasteiger partial charge < -0.3 is 4.90 Å². The van der Waals surface area contributed by atoms with Gasteiger partial charge in [-0.05, 0) is 26.1 Å². The molecule has 0 saturated heterocycles. The molecule has 0 aromatic heterocycles. The maximum absolute atomic E-state index is 10.3. The second-order valence-corrected chi connectivity index (χ2v) is 7.34. The van der Waals surface area contributed by atoms with Crippen molar-refractivity contribution in [2.75, 3.05) is 14.1 Å². The van der Waals surface area contributed by atoms with Gasteiger partial charge >= 0.3 is 0 Å². The summed E-state index contributed by atoms with van der Waals surface area (Å²) in [6.45, 7) is 3.02. The lowest BCUT2D eigenvalue weighted by Crippen LogP contribution is -2.10. The van der Waals surface area contributed by atoms with E-state index in [0.29, 0.717) is 3.74 Å². The Morgan fingerprint density at radius 2 is 1.71 bits per heavy atom. The number of rotatable bonds is 4. The third-order valence-electron chi connectivity index (χ3n) is 1.92. The topological polar surface area (TPSA) is 20.3 Å². The largest absolute Gasteiger partial charge is 0.305 e. The summed E-state index contributed by atoms with van der Waals surface area (Å²) < 4.78 is 0.509. The van der Waals surface area contributed by atoms with E-state index in [-0.39, 0.29) is 0 Å². The molecule has 4 heteroatoms. The third kappa shape index (κ3) is 9.51. The lowest BCUT2D eigenvalue weighted by Gasteiger charge is -2.08. The molecule has 0 atom stereocenters. The summed E-state index contributed by atoms with van der Waals surface area (Å²) in [5.74, 6) is 0. The lowest BCUT2D eigenvalue weighted by atomic mass is 10.1. The van der Waals surface area contributed by atoms with Gasteiger partial charge in [-0.2, -0.15) is 0 Å². The van der Waals surface area contributed by atoms with E-state index >= 15 is 0 Å². The van der Waals surface area contributed by atoms with Crippen molar-refractivity contribution in [2.24, 2.45) is 0 Å². The van der Waals surface area contributed by atoms with Crippen molar-refractivity contribution in [1.82, 2.24) is 4.90 Å². The van der Waals surface area contributed by atoms with Gasteiger partial charge in [-0.3, -0.25) is 4.79 Å². The molecule has 1 aromatic carbocycles. The first-order valence-electron chi connectivity index (χ1n) is 5.46. The highest BCUT2D eigenvalue weighted by atomic mass is 79.9. The molecule has 0 unspecified atom stereocenters. The van der Waals surface area contributed by atoms with E-state index in [0.717, 1.165) is 24.8 Å². The van der Waals surface area contributed by atoms with E-state index in [1.54, 1.807) is 0 Å². The van der Waals surface area contributed by atoms with Crippen LogP contribution in [0.25, 0.3) is 0 Å². The minimum Gasteiger partial charge on any atom is -0.305 e. The second kappa shape index (κ2) is 9.80. The van der Waals surface area contributed by atoms with Crippen molar-refractivity contribution in [3.8, 4) is 0 Å². The molecule has 0 aliphatic rings. The molecule has 0 aliphatic carbocycles. The first kappa shape index (κ1) is 16.8. The predicted octanol–water partition coefficient (Wildman–Crippen LogP) is 4.07. The van der Waals surface area contributed by atoms with Crippen molar-refractivity contribution in [2.45, 2.75) is 23.6 Å². The number of hydrogen-bond acceptors (Lipinski definition) is 2. The Balaban J connectivity index is 0.000000437. The zero-order chi connectivity index (χ0) is 13.3. The summed E-state index contributed by atoms with van der Waals surface area (Å²) in [6.07, 6.45) is 2.00. The molecule has 1 rings (SSSR count). The number of aldehydes is 1. The minimum absolute atomic E-state index is 0.509. The summed E-state index contributed by atoms with van der Waals surface area (Å²) >= 11 is 6.58. The SMILES string of the molecule is CCC(Br)Br.CN(C)Cc1ccc(C=O)cc1. The molecular weight excluding hydrogens is 346 g/mol. The predicted molar refractivity (Wildman–Crippen MR) is 81.2 cm³/mol. The van der Waals surface area contributed by atoms with Gasteiger partial charge in [0.15, 0.2) is 0 Å². The Bertz CT molecular complexity index is 310. The number of nitrogens with zero attached hydrogens (tertiary/aromatic N) is 1. The highest BCUT2D eigenvalue weighted by Gasteiger charge is 1.94. The van der Waals surface area contributed by atoms with Crippen LogP contribution in [-0.4, -0.2) is 29.0 Å². The summed E-state index contributed by atoms with van der Waals surface area (Å²) in [6, 6.07) is 7.63. The van der Waals surface area contributed by atoms with E-state index in [1.165, 1.54) is 5.56 Å². The lowest BCUT2D eigenvalue weighted by molar-refractivity contribution is 0.112. The normalized spacial score (nSPS) is 10.1. The average molecular weight is 365 g/mol. The molecule has 0 bridgehead atoms. The van der Waals surface area contributed by atoms with E-state index in [4.69, 9.17) is 0 Å². The van der Waals surface area contributed by atoms with Gasteiger partial charge in [-0.15, -0.1) is 0 Å². The number of carbonyl (C=O) groups excluding carboxylic acids is 1. The van der Waals surface area contributed by atoms with Crippen molar-refractivity contribution < 1.29 is 4.79 Å². The van der Waals surface area contributed by atoms with Crippen LogP contribution in [0.1, 0.15) is 29.3 Å². The first-order chi connectivity index (χ1) is 7.99. The van der Waals surface area contributed by atoms with Crippen molar-refractivity contribution in [3.05, 3.63) is 35.4 Å². The zero-order valence-corrected chi connectivity index (χ0v) is 13.7. The number of carbonyl (C=O) groups is 1. The van der Waals surface area contributed by atoms with Crippen LogP contribution in [0.2, 0.25) is 0 Å². The Morgan fingerprint density at radius 1 is 1.24 bits per heavy atom. The fraction of sp³-hybridized carbons (Fsp3) is 0.462. The van der Waals surface area contributed by atoms with Gasteiger partial charge in [0.2, 0.25) is 0 Å². The summed E-state index contributed by atoms with van der Waals surface area (Å²) in [5, 5.41) is 0. The van der Waals surface area contributed by atoms with E-state index in [2.05, 4.69) is 43.7 Å². The van der Waals surface area contributed by atoms with Gasteiger partial charge in [0.05, 0.1) is 3.74 Å². The molecule has 1 aromatic rings. The Kier molecular flexibility index (Phi) is 9.69. The van der Waals surface area contributed by atoms with Gasteiger partial charge in [0.25, 0.3) is 0 Å². The third-order valence-corrected chi connectivity index (χ3v) is 3.22. The molecule has 0 aliphatic heterocycles. The van der Waals surface area contributed by atoms with Crippen molar-refractivity contribution >= 4 is 38.1 Å². The summed E-state index contributed by atoms with van der Waals surface area (Å²) in [5.41, 5.74) is 1.96. The Hall–Kier alpha value is -0.190. The number of benzene rings is 1. The van der Waals surface area contributed by atoms with E-state index < -0.39 is 0 Å². The monoisotopic (exact) mass is 363 g/mol. The van der Waals surface area contributed by atoms with Gasteiger partial charge in [0, 0.05) is 12.1 Å². The van der Waals surface area contributed by atoms with Crippen LogP contribution in [-0.2, 0) is 6.54 Å². The molecule has 0 spiro atoms. The maximum atomic E-state index is 10.3. The van der Waals surface area contributed by atoms with Gasteiger partial charge in [-0.1, -0.05) is 63.0 Å². The Morgan fingerprint density at radius 3 is 2.00 bits per heavy atom. The first-order valence-corrected chi connectivity index (χ1v) is 7.29. The summed E-state index contributed by atoms with van der Waals surface area (Å²) in [7, 11) is 4.04. The fourth-order valence-electron chi connectivity index (χ4n) is 1.07. The molecule has 17 heavy (non-hydrogen) atoms. The van der Waals surface area contributed by atoms with Crippen LogP contribution in [0.3, 0.4) is 0 Å².